The zero-order valence-electron chi connectivity index (χ0n) is 15.7. The lowest BCUT2D eigenvalue weighted by Crippen LogP contribution is -2.43. The van der Waals surface area contributed by atoms with Crippen LogP contribution in [0, 0.1) is 12.8 Å². The Balaban J connectivity index is 1.94. The molecule has 1 amide bonds. The summed E-state index contributed by atoms with van der Waals surface area (Å²) >= 11 is 0. The van der Waals surface area contributed by atoms with Crippen molar-refractivity contribution < 1.29 is 22.7 Å². The molecule has 0 unspecified atom stereocenters. The van der Waals surface area contributed by atoms with Crippen molar-refractivity contribution in [3.63, 3.8) is 0 Å². The molecule has 1 aliphatic heterocycles. The van der Waals surface area contributed by atoms with E-state index in [4.69, 9.17) is 9.47 Å². The van der Waals surface area contributed by atoms with Gasteiger partial charge in [0.2, 0.25) is 15.9 Å². The number of amides is 1. The molecule has 8 heteroatoms. The van der Waals surface area contributed by atoms with Crippen LogP contribution in [-0.4, -0.2) is 59.1 Å². The smallest absolute Gasteiger partial charge is 0.243 e. The van der Waals surface area contributed by atoms with Gasteiger partial charge in [-0.2, -0.15) is 4.31 Å². The molecule has 0 aliphatic carbocycles. The third-order valence-electron chi connectivity index (χ3n) is 4.65. The number of nitrogens with one attached hydrogen (secondary N) is 1. The van der Waals surface area contributed by atoms with Crippen molar-refractivity contribution in [2.75, 3.05) is 40.5 Å². The first-order valence-corrected chi connectivity index (χ1v) is 10.3. The first-order valence-electron chi connectivity index (χ1n) is 8.81. The number of hydrogen-bond acceptors (Lipinski definition) is 5. The lowest BCUT2D eigenvalue weighted by Gasteiger charge is -2.30. The first kappa shape index (κ1) is 20.7. The molecule has 0 bridgehead atoms. The average molecular weight is 384 g/mol. The van der Waals surface area contributed by atoms with Gasteiger partial charge in [0.25, 0.3) is 0 Å². The van der Waals surface area contributed by atoms with E-state index in [2.05, 4.69) is 5.32 Å². The maximum absolute atomic E-state index is 12.8. The van der Waals surface area contributed by atoms with Crippen molar-refractivity contribution in [2.24, 2.45) is 5.92 Å². The summed E-state index contributed by atoms with van der Waals surface area (Å²) in [6.45, 7) is 3.71. The number of benzene rings is 1. The van der Waals surface area contributed by atoms with Gasteiger partial charge in [0.15, 0.2) is 0 Å². The fraction of sp³-hybridized carbons (Fsp3) is 0.611. The molecule has 1 aliphatic rings. The minimum absolute atomic E-state index is 0.00144. The molecule has 26 heavy (non-hydrogen) atoms. The molecular weight excluding hydrogens is 356 g/mol. The summed E-state index contributed by atoms with van der Waals surface area (Å²) < 4.78 is 37.3. The Morgan fingerprint density at radius 3 is 2.54 bits per heavy atom. The molecule has 0 atom stereocenters. The van der Waals surface area contributed by atoms with Crippen LogP contribution in [0.1, 0.15) is 24.8 Å². The topological polar surface area (TPSA) is 84.9 Å². The summed E-state index contributed by atoms with van der Waals surface area (Å²) in [7, 11) is -0.369. The minimum Gasteiger partial charge on any atom is -0.496 e. The summed E-state index contributed by atoms with van der Waals surface area (Å²) in [5, 5.41) is 2.89. The van der Waals surface area contributed by atoms with Gasteiger partial charge in [-0.3, -0.25) is 4.79 Å². The van der Waals surface area contributed by atoms with Crippen LogP contribution < -0.4 is 10.1 Å². The number of carbonyl (C=O) groups excluding carboxylic acids is 1. The molecule has 1 aromatic carbocycles. The Kier molecular flexibility index (Phi) is 7.43. The fourth-order valence-corrected chi connectivity index (χ4v) is 4.65. The quantitative estimate of drug-likeness (QED) is 0.688. The number of sulfonamides is 1. The molecule has 0 spiro atoms. The van der Waals surface area contributed by atoms with Crippen molar-refractivity contribution >= 4 is 15.9 Å². The van der Waals surface area contributed by atoms with Crippen molar-refractivity contribution in [3.05, 3.63) is 23.8 Å². The molecule has 0 aromatic heterocycles. The van der Waals surface area contributed by atoms with Gasteiger partial charge in [-0.05, 0) is 49.9 Å². The number of methoxy groups -OCH3 is 2. The zero-order valence-corrected chi connectivity index (χ0v) is 16.5. The summed E-state index contributed by atoms with van der Waals surface area (Å²) in [6, 6.07) is 4.86. The van der Waals surface area contributed by atoms with E-state index in [-0.39, 0.29) is 16.7 Å². The van der Waals surface area contributed by atoms with Crippen LogP contribution in [0.2, 0.25) is 0 Å². The molecule has 7 nitrogen and oxygen atoms in total. The van der Waals surface area contributed by atoms with Crippen LogP contribution >= 0.6 is 0 Å². The van der Waals surface area contributed by atoms with Gasteiger partial charge in [0, 0.05) is 39.3 Å². The Bertz CT molecular complexity index is 712. The number of aryl methyl sites for hydroxylation is 1. The van der Waals surface area contributed by atoms with Gasteiger partial charge in [0.05, 0.1) is 12.0 Å². The highest BCUT2D eigenvalue weighted by molar-refractivity contribution is 7.89. The number of carbonyl (C=O) groups is 1. The van der Waals surface area contributed by atoms with E-state index in [9.17, 15) is 13.2 Å². The highest BCUT2D eigenvalue weighted by atomic mass is 32.2. The first-order chi connectivity index (χ1) is 12.4. The second kappa shape index (κ2) is 9.34. The molecule has 0 radical (unpaired) electrons. The molecule has 1 N–H and O–H groups in total. The van der Waals surface area contributed by atoms with Crippen molar-refractivity contribution in [2.45, 2.75) is 31.1 Å². The Morgan fingerprint density at radius 1 is 1.27 bits per heavy atom. The summed E-state index contributed by atoms with van der Waals surface area (Å²) in [5.74, 6) is 0.521. The monoisotopic (exact) mass is 384 g/mol. The van der Waals surface area contributed by atoms with Crippen molar-refractivity contribution in [3.8, 4) is 5.75 Å². The largest absolute Gasteiger partial charge is 0.496 e. The summed E-state index contributed by atoms with van der Waals surface area (Å²) in [5.41, 5.74) is 0.777. The van der Waals surface area contributed by atoms with Gasteiger partial charge in [-0.1, -0.05) is 0 Å². The average Bonchev–Trinajstić information content (AvgIpc) is 2.65. The van der Waals surface area contributed by atoms with E-state index in [1.165, 1.54) is 4.31 Å². The Hall–Kier alpha value is -1.64. The van der Waals surface area contributed by atoms with Gasteiger partial charge in [-0.25, -0.2) is 8.42 Å². The summed E-state index contributed by atoms with van der Waals surface area (Å²) in [4.78, 5) is 12.4. The maximum atomic E-state index is 12.8. The third-order valence-corrected chi connectivity index (χ3v) is 6.55. The molecule has 1 aromatic rings. The molecule has 146 valence electrons. The second-order valence-corrected chi connectivity index (χ2v) is 8.39. The molecule has 0 saturated carbocycles. The van der Waals surface area contributed by atoms with Gasteiger partial charge in [0.1, 0.15) is 5.75 Å². The standard InChI is InChI=1S/C18H28N2O5S/c1-14-13-16(5-6-17(14)25-3)26(22,23)20-10-7-15(8-11-20)18(21)19-9-4-12-24-2/h5-6,13,15H,4,7-12H2,1-3H3,(H,19,21). The maximum Gasteiger partial charge on any atom is 0.243 e. The van der Waals surface area contributed by atoms with Crippen LogP contribution in [0.5, 0.6) is 5.75 Å². The number of piperidine rings is 1. The predicted molar refractivity (Wildman–Crippen MR) is 98.7 cm³/mol. The van der Waals surface area contributed by atoms with Gasteiger partial charge < -0.3 is 14.8 Å². The van der Waals surface area contributed by atoms with Crippen LogP contribution in [0.3, 0.4) is 0 Å². The molecule has 1 saturated heterocycles. The zero-order chi connectivity index (χ0) is 19.2. The van der Waals surface area contributed by atoms with E-state index >= 15 is 0 Å². The molecule has 1 fully saturated rings. The lowest BCUT2D eigenvalue weighted by atomic mass is 9.97. The minimum atomic E-state index is -3.55. The SMILES string of the molecule is COCCCNC(=O)C1CCN(S(=O)(=O)c2ccc(OC)c(C)c2)CC1. The Labute approximate surface area is 155 Å². The van der Waals surface area contributed by atoms with Gasteiger partial charge >= 0.3 is 0 Å². The Morgan fingerprint density at radius 2 is 1.96 bits per heavy atom. The number of rotatable bonds is 8. The van der Waals surface area contributed by atoms with Crippen LogP contribution in [-0.2, 0) is 19.6 Å². The highest BCUT2D eigenvalue weighted by Crippen LogP contribution is 2.27. The number of hydrogen-bond donors (Lipinski definition) is 1. The normalized spacial score (nSPS) is 16.4. The number of nitrogens with zero attached hydrogens (tertiary/aromatic N) is 1. The van der Waals surface area contributed by atoms with Gasteiger partial charge in [-0.15, -0.1) is 0 Å². The van der Waals surface area contributed by atoms with E-state index < -0.39 is 10.0 Å². The number of ether oxygens (including phenoxy) is 2. The molecular formula is C18H28N2O5S. The van der Waals surface area contributed by atoms with Crippen LogP contribution in [0.25, 0.3) is 0 Å². The van der Waals surface area contributed by atoms with E-state index in [1.54, 1.807) is 32.4 Å². The third kappa shape index (κ3) is 4.96. The van der Waals surface area contributed by atoms with E-state index in [0.717, 1.165) is 12.0 Å². The fourth-order valence-electron chi connectivity index (χ4n) is 3.09. The predicted octanol–water partition coefficient (Wildman–Crippen LogP) is 1.56. The second-order valence-electron chi connectivity index (χ2n) is 6.45. The van der Waals surface area contributed by atoms with Crippen LogP contribution in [0.4, 0.5) is 0 Å². The van der Waals surface area contributed by atoms with Crippen molar-refractivity contribution in [1.29, 1.82) is 0 Å². The van der Waals surface area contributed by atoms with E-state index in [1.807, 2.05) is 6.92 Å². The highest BCUT2D eigenvalue weighted by Gasteiger charge is 2.32. The van der Waals surface area contributed by atoms with Crippen molar-refractivity contribution in [1.82, 2.24) is 9.62 Å². The summed E-state index contributed by atoms with van der Waals surface area (Å²) in [6.07, 6.45) is 1.83. The molecule has 2 rings (SSSR count). The lowest BCUT2D eigenvalue weighted by molar-refractivity contribution is -0.126. The van der Waals surface area contributed by atoms with E-state index in [0.29, 0.717) is 44.8 Å². The molecule has 1 heterocycles. The van der Waals surface area contributed by atoms with Crippen LogP contribution in [0.15, 0.2) is 23.1 Å².